The van der Waals surface area contributed by atoms with Crippen LogP contribution in [0.2, 0.25) is 0 Å². The van der Waals surface area contributed by atoms with Gasteiger partial charge in [0.2, 0.25) is 0 Å². The number of hydrogen-bond donors (Lipinski definition) is 1. The normalized spacial score (nSPS) is 15.6. The Morgan fingerprint density at radius 3 is 2.68 bits per heavy atom. The van der Waals surface area contributed by atoms with Crippen LogP contribution >= 0.6 is 11.3 Å². The van der Waals surface area contributed by atoms with Crippen LogP contribution in [0.4, 0.5) is 0 Å². The van der Waals surface area contributed by atoms with Crippen LogP contribution in [0.5, 0.6) is 0 Å². The highest BCUT2D eigenvalue weighted by Crippen LogP contribution is 2.30. The predicted octanol–water partition coefficient (Wildman–Crippen LogP) is 3.73. The van der Waals surface area contributed by atoms with Crippen molar-refractivity contribution in [2.24, 2.45) is 11.8 Å². The van der Waals surface area contributed by atoms with Crippen molar-refractivity contribution in [3.8, 4) is 0 Å². The first-order valence-corrected chi connectivity index (χ1v) is 8.49. The second-order valence-corrected chi connectivity index (χ2v) is 7.42. The molecule has 1 N–H and O–H groups in total. The third-order valence-electron chi connectivity index (χ3n) is 3.61. The average molecular weight is 280 g/mol. The number of nitrogens with zero attached hydrogens (tertiary/aromatic N) is 1. The third-order valence-corrected chi connectivity index (χ3v) is 4.68. The lowest BCUT2D eigenvalue weighted by Crippen LogP contribution is -2.24. The molecule has 1 fully saturated rings. The number of hydrogen-bond acceptors (Lipinski definition) is 3. The van der Waals surface area contributed by atoms with E-state index in [2.05, 4.69) is 43.1 Å². The smallest absolute Gasteiger partial charge is 0.0328 e. The van der Waals surface area contributed by atoms with Crippen molar-refractivity contribution in [2.75, 3.05) is 19.6 Å². The van der Waals surface area contributed by atoms with Gasteiger partial charge < -0.3 is 5.32 Å². The molecule has 2 rings (SSSR count). The summed E-state index contributed by atoms with van der Waals surface area (Å²) in [5.41, 5.74) is 0. The molecule has 1 saturated carbocycles. The second kappa shape index (κ2) is 7.41. The Labute approximate surface area is 122 Å². The van der Waals surface area contributed by atoms with Crippen LogP contribution in [-0.4, -0.2) is 24.5 Å². The topological polar surface area (TPSA) is 15.3 Å². The van der Waals surface area contributed by atoms with Gasteiger partial charge in [0.15, 0.2) is 0 Å². The van der Waals surface area contributed by atoms with Crippen molar-refractivity contribution < 1.29 is 0 Å². The maximum Gasteiger partial charge on any atom is 0.0328 e. The summed E-state index contributed by atoms with van der Waals surface area (Å²) in [6.45, 7) is 12.5. The van der Waals surface area contributed by atoms with Crippen molar-refractivity contribution >= 4 is 11.3 Å². The molecule has 1 aliphatic rings. The first-order chi connectivity index (χ1) is 9.17. The third kappa shape index (κ3) is 5.64. The van der Waals surface area contributed by atoms with Crippen LogP contribution in [0.25, 0.3) is 0 Å². The molecule has 0 amide bonds. The highest BCUT2D eigenvalue weighted by Gasteiger charge is 2.23. The van der Waals surface area contributed by atoms with Gasteiger partial charge in [-0.1, -0.05) is 20.8 Å². The Balaban J connectivity index is 1.75. The molecule has 0 unspecified atom stereocenters. The molecule has 0 aromatic carbocycles. The van der Waals surface area contributed by atoms with Crippen LogP contribution in [0.1, 0.15) is 43.4 Å². The fraction of sp³-hybridized carbons (Fsp3) is 0.750. The number of thiophene rings is 1. The summed E-state index contributed by atoms with van der Waals surface area (Å²) in [5.74, 6) is 1.72. The van der Waals surface area contributed by atoms with Crippen LogP contribution in [-0.2, 0) is 13.1 Å². The van der Waals surface area contributed by atoms with Gasteiger partial charge in [0.25, 0.3) is 0 Å². The Kier molecular flexibility index (Phi) is 5.86. The minimum Gasteiger partial charge on any atom is -0.312 e. The Bertz CT molecular complexity index is 369. The molecule has 3 heteroatoms. The fourth-order valence-electron chi connectivity index (χ4n) is 2.28. The van der Waals surface area contributed by atoms with Crippen molar-refractivity contribution in [3.63, 3.8) is 0 Å². The average Bonchev–Trinajstić information content (AvgIpc) is 3.07. The molecule has 0 spiro atoms. The molecule has 0 atom stereocenters. The molecule has 0 saturated heterocycles. The van der Waals surface area contributed by atoms with E-state index in [1.165, 1.54) is 35.7 Å². The molecule has 0 bridgehead atoms. The molecule has 19 heavy (non-hydrogen) atoms. The maximum absolute atomic E-state index is 3.52. The van der Waals surface area contributed by atoms with Gasteiger partial charge in [-0.05, 0) is 49.9 Å². The van der Waals surface area contributed by atoms with E-state index in [0.29, 0.717) is 0 Å². The predicted molar refractivity (Wildman–Crippen MR) is 84.5 cm³/mol. The quantitative estimate of drug-likeness (QED) is 0.741. The van der Waals surface area contributed by atoms with Crippen molar-refractivity contribution in [1.82, 2.24) is 10.2 Å². The Morgan fingerprint density at radius 1 is 1.32 bits per heavy atom. The van der Waals surface area contributed by atoms with Gasteiger partial charge in [0.05, 0.1) is 0 Å². The van der Waals surface area contributed by atoms with E-state index in [1.807, 2.05) is 11.3 Å². The van der Waals surface area contributed by atoms with E-state index in [0.717, 1.165) is 31.5 Å². The summed E-state index contributed by atoms with van der Waals surface area (Å²) < 4.78 is 0. The SMILES string of the molecule is CCN(Cc1ccc(CNCC(C)C)s1)CC1CC1. The van der Waals surface area contributed by atoms with Gasteiger partial charge in [-0.25, -0.2) is 0 Å². The maximum atomic E-state index is 3.52. The van der Waals surface area contributed by atoms with Crippen LogP contribution < -0.4 is 5.32 Å². The zero-order valence-electron chi connectivity index (χ0n) is 12.6. The van der Waals surface area contributed by atoms with Gasteiger partial charge in [-0.2, -0.15) is 0 Å². The summed E-state index contributed by atoms with van der Waals surface area (Å²) in [4.78, 5) is 5.58. The van der Waals surface area contributed by atoms with Gasteiger partial charge in [0, 0.05) is 29.4 Å². The lowest BCUT2D eigenvalue weighted by Gasteiger charge is -2.18. The van der Waals surface area contributed by atoms with E-state index in [-0.39, 0.29) is 0 Å². The molecule has 1 aromatic rings. The summed E-state index contributed by atoms with van der Waals surface area (Å²) in [6.07, 6.45) is 2.90. The Morgan fingerprint density at radius 2 is 2.05 bits per heavy atom. The summed E-state index contributed by atoms with van der Waals surface area (Å²) >= 11 is 1.97. The van der Waals surface area contributed by atoms with Gasteiger partial charge in [0.1, 0.15) is 0 Å². The van der Waals surface area contributed by atoms with E-state index in [9.17, 15) is 0 Å². The summed E-state index contributed by atoms with van der Waals surface area (Å²) in [7, 11) is 0. The van der Waals surface area contributed by atoms with Crippen LogP contribution in [0.15, 0.2) is 12.1 Å². The first kappa shape index (κ1) is 15.0. The lowest BCUT2D eigenvalue weighted by atomic mass is 10.2. The first-order valence-electron chi connectivity index (χ1n) is 7.68. The minimum absolute atomic E-state index is 0.730. The van der Waals surface area contributed by atoms with Crippen LogP contribution in [0.3, 0.4) is 0 Å². The molecule has 1 aromatic heterocycles. The minimum atomic E-state index is 0.730. The molecule has 0 radical (unpaired) electrons. The van der Waals surface area contributed by atoms with Gasteiger partial charge >= 0.3 is 0 Å². The van der Waals surface area contributed by atoms with E-state index >= 15 is 0 Å². The van der Waals surface area contributed by atoms with Gasteiger partial charge in [-0.15, -0.1) is 11.3 Å². The van der Waals surface area contributed by atoms with E-state index in [4.69, 9.17) is 0 Å². The molecular formula is C16H28N2S. The highest BCUT2D eigenvalue weighted by molar-refractivity contribution is 7.11. The summed E-state index contributed by atoms with van der Waals surface area (Å²) in [6, 6.07) is 4.60. The lowest BCUT2D eigenvalue weighted by molar-refractivity contribution is 0.271. The van der Waals surface area contributed by atoms with Crippen LogP contribution in [0, 0.1) is 11.8 Å². The van der Waals surface area contributed by atoms with E-state index in [1.54, 1.807) is 0 Å². The van der Waals surface area contributed by atoms with Crippen molar-refractivity contribution in [1.29, 1.82) is 0 Å². The zero-order valence-corrected chi connectivity index (χ0v) is 13.4. The molecule has 1 heterocycles. The van der Waals surface area contributed by atoms with Gasteiger partial charge in [-0.3, -0.25) is 4.90 Å². The molecular weight excluding hydrogens is 252 g/mol. The number of nitrogens with one attached hydrogen (secondary N) is 1. The second-order valence-electron chi connectivity index (χ2n) is 6.16. The molecule has 0 aliphatic heterocycles. The van der Waals surface area contributed by atoms with Crippen molar-refractivity contribution in [3.05, 3.63) is 21.9 Å². The standard InChI is InChI=1S/C16H28N2S/c1-4-18(11-14-5-6-14)12-16-8-7-15(19-16)10-17-9-13(2)3/h7-8,13-14,17H,4-6,9-12H2,1-3H3. The van der Waals surface area contributed by atoms with Crippen molar-refractivity contribution in [2.45, 2.75) is 46.7 Å². The van der Waals surface area contributed by atoms with E-state index < -0.39 is 0 Å². The Hall–Kier alpha value is -0.380. The number of rotatable bonds is 9. The molecule has 108 valence electrons. The molecule has 1 aliphatic carbocycles. The fourth-order valence-corrected chi connectivity index (χ4v) is 3.31. The largest absolute Gasteiger partial charge is 0.312 e. The zero-order chi connectivity index (χ0) is 13.7. The summed E-state index contributed by atoms with van der Waals surface area (Å²) in [5, 5.41) is 3.52. The highest BCUT2D eigenvalue weighted by atomic mass is 32.1. The molecule has 2 nitrogen and oxygen atoms in total. The monoisotopic (exact) mass is 280 g/mol.